The lowest BCUT2D eigenvalue weighted by molar-refractivity contribution is -0.140. The fraction of sp³-hybridized carbons (Fsp3) is 0.167. The number of methoxy groups -OCH3 is 3. The first-order valence-corrected chi connectivity index (χ1v) is 11.6. The van der Waals surface area contributed by atoms with E-state index < -0.39 is 18.4 Å². The number of nitrogens with zero attached hydrogens (tertiary/aromatic N) is 1. The van der Waals surface area contributed by atoms with Gasteiger partial charge in [-0.3, -0.25) is 4.79 Å². The van der Waals surface area contributed by atoms with Crippen molar-refractivity contribution < 1.29 is 28.5 Å². The monoisotopic (exact) mass is 512 g/mol. The summed E-state index contributed by atoms with van der Waals surface area (Å²) in [5.41, 5.74) is 8.70. The summed E-state index contributed by atoms with van der Waals surface area (Å²) in [6.45, 7) is 0.799. The van der Waals surface area contributed by atoms with Gasteiger partial charge in [0.15, 0.2) is 18.1 Å². The van der Waals surface area contributed by atoms with Gasteiger partial charge in [-0.15, -0.1) is 0 Å². The number of esters is 1. The smallest absolute Gasteiger partial charge is 0.339 e. The van der Waals surface area contributed by atoms with Crippen LogP contribution in [0.25, 0.3) is 22.8 Å². The van der Waals surface area contributed by atoms with Gasteiger partial charge in [-0.05, 0) is 47.4 Å². The standard InChI is InChI=1S/C30H28N2O6/c1-19(32)25(17-31)26(33)18-38-30(34)24(14-20-15-27(35-2)29(37-4)28(16-20)36-3)23-12-10-22(11-13-23)21-8-6-5-7-9-21/h5-16H,18,32H2,1-4H3/b24-14+,25-19+. The van der Waals surface area contributed by atoms with Crippen LogP contribution in [0.2, 0.25) is 0 Å². The summed E-state index contributed by atoms with van der Waals surface area (Å²) >= 11 is 0. The minimum atomic E-state index is -0.758. The number of nitrogens with two attached hydrogens (primary N) is 1. The fourth-order valence-electron chi connectivity index (χ4n) is 3.74. The Kier molecular flexibility index (Phi) is 9.27. The molecule has 0 aliphatic rings. The molecule has 0 saturated heterocycles. The van der Waals surface area contributed by atoms with Crippen molar-refractivity contribution in [1.82, 2.24) is 0 Å². The van der Waals surface area contributed by atoms with Crippen LogP contribution in [-0.2, 0) is 14.3 Å². The maximum absolute atomic E-state index is 13.3. The second kappa shape index (κ2) is 12.8. The van der Waals surface area contributed by atoms with E-state index in [1.54, 1.807) is 36.4 Å². The molecule has 2 N–H and O–H groups in total. The number of allylic oxidation sites excluding steroid dienone is 1. The first-order chi connectivity index (χ1) is 18.3. The van der Waals surface area contributed by atoms with Crippen molar-refractivity contribution in [2.45, 2.75) is 6.92 Å². The average molecular weight is 513 g/mol. The number of Topliss-reactive ketones (excluding diaryl/α,β-unsaturated/α-hetero) is 1. The van der Waals surface area contributed by atoms with E-state index in [-0.39, 0.29) is 16.8 Å². The summed E-state index contributed by atoms with van der Waals surface area (Å²) in [7, 11) is 4.48. The van der Waals surface area contributed by atoms with Crippen molar-refractivity contribution in [2.24, 2.45) is 5.73 Å². The summed E-state index contributed by atoms with van der Waals surface area (Å²) < 4.78 is 21.6. The molecule has 8 heteroatoms. The number of ketones is 1. The zero-order valence-electron chi connectivity index (χ0n) is 21.6. The van der Waals surface area contributed by atoms with Crippen molar-refractivity contribution in [2.75, 3.05) is 27.9 Å². The van der Waals surface area contributed by atoms with Gasteiger partial charge in [0.05, 0.1) is 26.9 Å². The molecule has 0 aliphatic carbocycles. The SMILES string of the molecule is COc1cc(/C=C(/C(=O)OCC(=O)/C(C#N)=C(\C)N)c2ccc(-c3ccccc3)cc2)cc(OC)c1OC. The van der Waals surface area contributed by atoms with Crippen LogP contribution in [-0.4, -0.2) is 39.7 Å². The number of hydrogen-bond donors (Lipinski definition) is 1. The van der Waals surface area contributed by atoms with Crippen LogP contribution in [0.5, 0.6) is 17.2 Å². The molecule has 194 valence electrons. The molecule has 0 heterocycles. The van der Waals surface area contributed by atoms with E-state index in [9.17, 15) is 14.9 Å². The Hall–Kier alpha value is -5.03. The summed E-state index contributed by atoms with van der Waals surface area (Å²) in [5.74, 6) is -0.230. The number of hydrogen-bond acceptors (Lipinski definition) is 8. The van der Waals surface area contributed by atoms with E-state index in [1.807, 2.05) is 42.5 Å². The van der Waals surface area contributed by atoms with Crippen molar-refractivity contribution in [3.8, 4) is 34.4 Å². The number of carbonyl (C=O) groups excluding carboxylic acids is 2. The molecule has 3 rings (SSSR count). The molecular formula is C30H28N2O6. The van der Waals surface area contributed by atoms with E-state index in [4.69, 9.17) is 24.7 Å². The molecule has 0 aliphatic heterocycles. The zero-order valence-corrected chi connectivity index (χ0v) is 21.6. The van der Waals surface area contributed by atoms with Gasteiger partial charge in [-0.2, -0.15) is 5.26 Å². The number of carbonyl (C=O) groups is 2. The maximum Gasteiger partial charge on any atom is 0.339 e. The Morgan fingerprint density at radius 2 is 1.47 bits per heavy atom. The molecule has 0 saturated carbocycles. The van der Waals surface area contributed by atoms with E-state index in [2.05, 4.69) is 0 Å². The third-order valence-corrected chi connectivity index (χ3v) is 5.64. The van der Waals surface area contributed by atoms with Crippen LogP contribution >= 0.6 is 0 Å². The predicted molar refractivity (Wildman–Crippen MR) is 144 cm³/mol. The molecule has 0 fully saturated rings. The fourth-order valence-corrected chi connectivity index (χ4v) is 3.74. The minimum absolute atomic E-state index is 0.0539. The Labute approximate surface area is 221 Å². The van der Waals surface area contributed by atoms with E-state index >= 15 is 0 Å². The predicted octanol–water partition coefficient (Wildman–Crippen LogP) is 4.79. The number of ether oxygens (including phenoxy) is 4. The highest BCUT2D eigenvalue weighted by molar-refractivity contribution is 6.22. The van der Waals surface area contributed by atoms with Gasteiger partial charge >= 0.3 is 5.97 Å². The quantitative estimate of drug-likeness (QED) is 0.178. The van der Waals surface area contributed by atoms with E-state index in [0.29, 0.717) is 28.4 Å². The van der Waals surface area contributed by atoms with Gasteiger partial charge in [-0.25, -0.2) is 4.79 Å². The number of rotatable bonds is 10. The largest absolute Gasteiger partial charge is 0.493 e. The maximum atomic E-state index is 13.3. The Balaban J connectivity index is 2.04. The molecule has 0 unspecified atom stereocenters. The lowest BCUT2D eigenvalue weighted by Gasteiger charge is -2.14. The second-order valence-corrected chi connectivity index (χ2v) is 8.13. The Bertz CT molecular complexity index is 1390. The summed E-state index contributed by atoms with van der Waals surface area (Å²) in [4.78, 5) is 25.6. The van der Waals surface area contributed by atoms with Crippen LogP contribution in [0.3, 0.4) is 0 Å². The third-order valence-electron chi connectivity index (χ3n) is 5.64. The van der Waals surface area contributed by atoms with E-state index in [0.717, 1.165) is 11.1 Å². The van der Waals surface area contributed by atoms with Gasteiger partial charge in [-0.1, -0.05) is 54.6 Å². The van der Waals surface area contributed by atoms with Crippen LogP contribution < -0.4 is 19.9 Å². The molecule has 0 radical (unpaired) electrons. The van der Waals surface area contributed by atoms with E-state index in [1.165, 1.54) is 28.3 Å². The minimum Gasteiger partial charge on any atom is -0.493 e. The lowest BCUT2D eigenvalue weighted by atomic mass is 9.98. The summed E-state index contributed by atoms with van der Waals surface area (Å²) in [5, 5.41) is 9.18. The van der Waals surface area contributed by atoms with Crippen molar-refractivity contribution >= 4 is 23.4 Å². The van der Waals surface area contributed by atoms with Gasteiger partial charge in [0.2, 0.25) is 11.5 Å². The molecule has 0 amide bonds. The summed E-state index contributed by atoms with van der Waals surface area (Å²) in [6, 6.07) is 22.3. The topological polar surface area (TPSA) is 121 Å². The third kappa shape index (κ3) is 6.39. The van der Waals surface area contributed by atoms with Crippen molar-refractivity contribution in [3.05, 3.63) is 89.1 Å². The molecule has 0 spiro atoms. The normalized spacial score (nSPS) is 11.6. The Morgan fingerprint density at radius 3 is 1.97 bits per heavy atom. The highest BCUT2D eigenvalue weighted by Gasteiger charge is 2.20. The van der Waals surface area contributed by atoms with Crippen LogP contribution in [0.1, 0.15) is 18.1 Å². The van der Waals surface area contributed by atoms with Crippen LogP contribution in [0.4, 0.5) is 0 Å². The molecule has 0 atom stereocenters. The van der Waals surface area contributed by atoms with Crippen molar-refractivity contribution in [3.63, 3.8) is 0 Å². The second-order valence-electron chi connectivity index (χ2n) is 8.13. The summed E-state index contributed by atoms with van der Waals surface area (Å²) in [6.07, 6.45) is 1.60. The average Bonchev–Trinajstić information content (AvgIpc) is 2.94. The first kappa shape index (κ1) is 27.6. The number of nitriles is 1. The van der Waals surface area contributed by atoms with Crippen LogP contribution in [0.15, 0.2) is 78.0 Å². The van der Waals surface area contributed by atoms with Crippen LogP contribution in [0, 0.1) is 11.3 Å². The van der Waals surface area contributed by atoms with Gasteiger partial charge in [0.1, 0.15) is 11.6 Å². The Morgan fingerprint density at radius 1 is 0.895 bits per heavy atom. The van der Waals surface area contributed by atoms with Gasteiger partial charge in [0.25, 0.3) is 0 Å². The number of benzene rings is 3. The highest BCUT2D eigenvalue weighted by atomic mass is 16.5. The molecule has 0 bridgehead atoms. The van der Waals surface area contributed by atoms with Gasteiger partial charge in [0, 0.05) is 5.70 Å². The zero-order chi connectivity index (χ0) is 27.7. The molecule has 38 heavy (non-hydrogen) atoms. The van der Waals surface area contributed by atoms with Gasteiger partial charge < -0.3 is 24.7 Å². The molecular weight excluding hydrogens is 484 g/mol. The first-order valence-electron chi connectivity index (χ1n) is 11.6. The lowest BCUT2D eigenvalue weighted by Crippen LogP contribution is -2.18. The highest BCUT2D eigenvalue weighted by Crippen LogP contribution is 2.39. The molecule has 3 aromatic carbocycles. The molecule has 8 nitrogen and oxygen atoms in total. The van der Waals surface area contributed by atoms with Crippen molar-refractivity contribution in [1.29, 1.82) is 5.26 Å². The molecule has 0 aromatic heterocycles. The molecule has 3 aromatic rings.